The van der Waals surface area contributed by atoms with Crippen LogP contribution >= 0.6 is 0 Å². The number of ether oxygens (including phenoxy) is 1. The predicted octanol–water partition coefficient (Wildman–Crippen LogP) is 4.09. The third-order valence-electron chi connectivity index (χ3n) is 5.00. The minimum Gasteiger partial charge on any atom is -0.444 e. The van der Waals surface area contributed by atoms with Gasteiger partial charge in [0, 0.05) is 25.2 Å². The number of amides is 1. The number of rotatable bonds is 3. The second kappa shape index (κ2) is 7.67. The molecule has 0 aromatic rings. The fourth-order valence-corrected chi connectivity index (χ4v) is 3.72. The summed E-state index contributed by atoms with van der Waals surface area (Å²) in [5.74, 6) is 0. The summed E-state index contributed by atoms with van der Waals surface area (Å²) in [4.78, 5) is 14.0. The molecule has 0 aliphatic heterocycles. The minimum absolute atomic E-state index is 0.184. The molecule has 22 heavy (non-hydrogen) atoms. The van der Waals surface area contributed by atoms with E-state index in [1.54, 1.807) is 0 Å². The van der Waals surface area contributed by atoms with Crippen LogP contribution in [0.1, 0.15) is 78.6 Å². The van der Waals surface area contributed by atoms with Crippen LogP contribution in [0.25, 0.3) is 0 Å². The molecule has 1 N–H and O–H groups in total. The van der Waals surface area contributed by atoms with Gasteiger partial charge >= 0.3 is 6.09 Å². The molecule has 2 fully saturated rings. The number of hydrogen-bond acceptors (Lipinski definition) is 3. The van der Waals surface area contributed by atoms with Crippen molar-refractivity contribution in [3.8, 4) is 0 Å². The quantitative estimate of drug-likeness (QED) is 0.853. The molecule has 4 nitrogen and oxygen atoms in total. The first-order valence-corrected chi connectivity index (χ1v) is 9.07. The summed E-state index contributed by atoms with van der Waals surface area (Å²) in [7, 11) is 1.88. The van der Waals surface area contributed by atoms with E-state index in [1.165, 1.54) is 44.9 Å². The van der Waals surface area contributed by atoms with Gasteiger partial charge in [-0.15, -0.1) is 0 Å². The highest BCUT2D eigenvalue weighted by Crippen LogP contribution is 2.26. The van der Waals surface area contributed by atoms with Crippen LogP contribution in [0.3, 0.4) is 0 Å². The molecule has 1 amide bonds. The summed E-state index contributed by atoms with van der Waals surface area (Å²) >= 11 is 0. The fraction of sp³-hybridized carbons (Fsp3) is 0.944. The number of carbonyl (C=O) groups is 1. The van der Waals surface area contributed by atoms with Crippen LogP contribution in [0.15, 0.2) is 0 Å². The Kier molecular flexibility index (Phi) is 6.13. The molecule has 2 rings (SSSR count). The van der Waals surface area contributed by atoms with Gasteiger partial charge in [-0.3, -0.25) is 0 Å². The number of nitrogens with zero attached hydrogens (tertiary/aromatic N) is 1. The first-order valence-electron chi connectivity index (χ1n) is 9.07. The van der Waals surface area contributed by atoms with Gasteiger partial charge in [-0.2, -0.15) is 0 Å². The molecule has 2 aliphatic rings. The number of hydrogen-bond donors (Lipinski definition) is 1. The van der Waals surface area contributed by atoms with Gasteiger partial charge in [-0.05, 0) is 59.3 Å². The molecule has 0 atom stereocenters. The molecule has 128 valence electrons. The van der Waals surface area contributed by atoms with E-state index in [2.05, 4.69) is 5.32 Å². The molecule has 0 radical (unpaired) electrons. The van der Waals surface area contributed by atoms with Crippen LogP contribution in [-0.4, -0.2) is 41.8 Å². The highest BCUT2D eigenvalue weighted by Gasteiger charge is 2.30. The third-order valence-corrected chi connectivity index (χ3v) is 5.00. The Morgan fingerprint density at radius 3 is 2.05 bits per heavy atom. The van der Waals surface area contributed by atoms with Crippen molar-refractivity contribution in [2.45, 2.75) is 102 Å². The van der Waals surface area contributed by atoms with Crippen LogP contribution in [-0.2, 0) is 4.74 Å². The maximum absolute atomic E-state index is 12.1. The van der Waals surface area contributed by atoms with E-state index in [1.807, 2.05) is 32.7 Å². The Morgan fingerprint density at radius 2 is 1.50 bits per heavy atom. The zero-order valence-electron chi connectivity index (χ0n) is 14.9. The van der Waals surface area contributed by atoms with Gasteiger partial charge in [0.15, 0.2) is 0 Å². The van der Waals surface area contributed by atoms with E-state index < -0.39 is 5.60 Å². The molecule has 0 bridgehead atoms. The number of nitrogens with one attached hydrogen (secondary N) is 1. The van der Waals surface area contributed by atoms with Gasteiger partial charge in [0.2, 0.25) is 0 Å². The normalized spacial score (nSPS) is 27.5. The van der Waals surface area contributed by atoms with Crippen molar-refractivity contribution >= 4 is 6.09 Å². The van der Waals surface area contributed by atoms with Crippen molar-refractivity contribution < 1.29 is 9.53 Å². The number of carbonyl (C=O) groups excluding carboxylic acids is 1. The minimum atomic E-state index is -0.412. The van der Waals surface area contributed by atoms with Gasteiger partial charge in [-0.1, -0.05) is 19.3 Å². The van der Waals surface area contributed by atoms with E-state index in [0.29, 0.717) is 12.1 Å². The van der Waals surface area contributed by atoms with Gasteiger partial charge in [0.25, 0.3) is 0 Å². The molecule has 0 spiro atoms. The summed E-state index contributed by atoms with van der Waals surface area (Å²) in [6.45, 7) is 5.76. The first kappa shape index (κ1) is 17.6. The summed E-state index contributed by atoms with van der Waals surface area (Å²) in [5.41, 5.74) is -0.412. The molecule has 4 heteroatoms. The lowest BCUT2D eigenvalue weighted by Gasteiger charge is -2.37. The Balaban J connectivity index is 1.72. The predicted molar refractivity (Wildman–Crippen MR) is 90.0 cm³/mol. The molecule has 0 unspecified atom stereocenters. The third kappa shape index (κ3) is 5.45. The average Bonchev–Trinajstić information content (AvgIpc) is 2.46. The van der Waals surface area contributed by atoms with Crippen LogP contribution in [0.2, 0.25) is 0 Å². The lowest BCUT2D eigenvalue weighted by molar-refractivity contribution is 0.0177. The zero-order chi connectivity index (χ0) is 16.2. The molecule has 2 saturated carbocycles. The monoisotopic (exact) mass is 310 g/mol. The molecule has 0 aromatic heterocycles. The van der Waals surface area contributed by atoms with Gasteiger partial charge in [-0.25, -0.2) is 4.79 Å². The van der Waals surface area contributed by atoms with E-state index in [4.69, 9.17) is 4.74 Å². The van der Waals surface area contributed by atoms with Crippen molar-refractivity contribution in [1.82, 2.24) is 10.2 Å². The van der Waals surface area contributed by atoms with E-state index >= 15 is 0 Å². The fourth-order valence-electron chi connectivity index (χ4n) is 3.72. The van der Waals surface area contributed by atoms with E-state index in [9.17, 15) is 4.79 Å². The van der Waals surface area contributed by atoms with Gasteiger partial charge in [0.05, 0.1) is 0 Å². The summed E-state index contributed by atoms with van der Waals surface area (Å²) in [5, 5.41) is 3.85. The Bertz CT molecular complexity index is 351. The summed E-state index contributed by atoms with van der Waals surface area (Å²) in [6, 6.07) is 1.71. The standard InChI is InChI=1S/C18H34N2O2/c1-18(2,3)22-17(21)20(4)16-12-10-15(11-13-16)19-14-8-6-5-7-9-14/h14-16,19H,5-13H2,1-4H3. The highest BCUT2D eigenvalue weighted by atomic mass is 16.6. The Hall–Kier alpha value is -0.770. The van der Waals surface area contributed by atoms with Gasteiger partial charge < -0.3 is 15.0 Å². The molecular weight excluding hydrogens is 276 g/mol. The lowest BCUT2D eigenvalue weighted by Crippen LogP contribution is -2.47. The maximum Gasteiger partial charge on any atom is 0.410 e. The van der Waals surface area contributed by atoms with Crippen molar-refractivity contribution in [2.75, 3.05) is 7.05 Å². The van der Waals surface area contributed by atoms with Crippen molar-refractivity contribution in [2.24, 2.45) is 0 Å². The lowest BCUT2D eigenvalue weighted by atomic mass is 9.88. The summed E-state index contributed by atoms with van der Waals surface area (Å²) < 4.78 is 5.47. The van der Waals surface area contributed by atoms with Gasteiger partial charge in [0.1, 0.15) is 5.60 Å². The largest absolute Gasteiger partial charge is 0.444 e. The smallest absolute Gasteiger partial charge is 0.410 e. The highest BCUT2D eigenvalue weighted by molar-refractivity contribution is 5.68. The van der Waals surface area contributed by atoms with Crippen molar-refractivity contribution in [1.29, 1.82) is 0 Å². The molecular formula is C18H34N2O2. The Labute approximate surface area is 136 Å². The zero-order valence-corrected chi connectivity index (χ0v) is 14.9. The topological polar surface area (TPSA) is 41.6 Å². The maximum atomic E-state index is 12.1. The molecule has 0 saturated heterocycles. The van der Waals surface area contributed by atoms with Crippen LogP contribution in [0.4, 0.5) is 4.79 Å². The SMILES string of the molecule is CN(C(=O)OC(C)(C)C)C1CCC(NC2CCCCC2)CC1. The second-order valence-corrected chi connectivity index (χ2v) is 8.10. The first-order chi connectivity index (χ1) is 10.3. The average molecular weight is 310 g/mol. The summed E-state index contributed by atoms with van der Waals surface area (Å²) in [6.07, 6.45) is 11.2. The molecule has 2 aliphatic carbocycles. The van der Waals surface area contributed by atoms with E-state index in [-0.39, 0.29) is 6.09 Å². The van der Waals surface area contributed by atoms with Crippen LogP contribution in [0.5, 0.6) is 0 Å². The second-order valence-electron chi connectivity index (χ2n) is 8.10. The Morgan fingerprint density at radius 1 is 0.955 bits per heavy atom. The van der Waals surface area contributed by atoms with Crippen molar-refractivity contribution in [3.63, 3.8) is 0 Å². The van der Waals surface area contributed by atoms with Crippen LogP contribution in [0, 0.1) is 0 Å². The van der Waals surface area contributed by atoms with E-state index in [0.717, 1.165) is 18.9 Å². The van der Waals surface area contributed by atoms with Crippen LogP contribution < -0.4 is 5.32 Å². The van der Waals surface area contributed by atoms with Crippen molar-refractivity contribution in [3.05, 3.63) is 0 Å². The molecule has 0 aromatic carbocycles. The molecule has 0 heterocycles.